The maximum absolute atomic E-state index is 13.4. The number of aromatic nitrogens is 2. The number of carbonyl (C=O) groups excluding carboxylic acids is 1. The third kappa shape index (κ3) is 5.08. The number of hydrogen-bond donors (Lipinski definition) is 1. The van der Waals surface area contributed by atoms with Gasteiger partial charge < -0.3 is 19.8 Å². The molecular weight excluding hydrogens is 573 g/mol. The highest BCUT2D eigenvalue weighted by Gasteiger charge is 2.41. The van der Waals surface area contributed by atoms with E-state index in [0.717, 1.165) is 18.6 Å². The van der Waals surface area contributed by atoms with Crippen LogP contribution in [0, 0.1) is 0 Å². The number of benzene rings is 3. The molecule has 1 fully saturated rings. The van der Waals surface area contributed by atoms with Gasteiger partial charge in [-0.3, -0.25) is 4.79 Å². The van der Waals surface area contributed by atoms with Gasteiger partial charge in [0, 0.05) is 12.0 Å². The number of hydrogen-bond acceptors (Lipinski definition) is 8. The van der Waals surface area contributed by atoms with Crippen molar-refractivity contribution in [2.45, 2.75) is 42.6 Å². The smallest absolute Gasteiger partial charge is 0.416 e. The molecule has 0 spiro atoms. The van der Waals surface area contributed by atoms with Crippen LogP contribution in [0.1, 0.15) is 30.4 Å². The SMILES string of the molecule is CC1(c2nnc(-c3ccc4c(c3)N(Cc3ccc(-c5ccc(C(F)(F)F)cc5)cc3)C(=O)[C@@H](N)CS4(=O)=O)o2)CCO1. The molecule has 218 valence electrons. The second-order valence-electron chi connectivity index (χ2n) is 10.5. The summed E-state index contributed by atoms with van der Waals surface area (Å²) < 4.78 is 76.5. The van der Waals surface area contributed by atoms with Crippen molar-refractivity contribution in [1.82, 2.24) is 10.2 Å². The van der Waals surface area contributed by atoms with Crippen molar-refractivity contribution in [2.75, 3.05) is 17.3 Å². The number of nitrogens with two attached hydrogens (primary N) is 1. The zero-order chi connectivity index (χ0) is 29.9. The molecule has 0 saturated carbocycles. The molecule has 1 saturated heterocycles. The lowest BCUT2D eigenvalue weighted by molar-refractivity contribution is -0.155. The summed E-state index contributed by atoms with van der Waals surface area (Å²) >= 11 is 0. The maximum atomic E-state index is 13.4. The molecular formula is C29H25F3N4O5S. The van der Waals surface area contributed by atoms with E-state index >= 15 is 0 Å². The standard InChI is InChI=1S/C29H25F3N4O5S/c1-28(12-13-40-28)27-35-34-25(41-27)20-8-11-24-23(14-20)36(26(37)22(33)16-42(24,38)39)15-17-2-4-18(5-3-17)19-6-9-21(10-7-19)29(30,31)32/h2-11,14,22H,12-13,15-16,33H2,1H3/t22-,28?/m0/s1. The highest BCUT2D eigenvalue weighted by Crippen LogP contribution is 2.39. The Morgan fingerprint density at radius 3 is 2.21 bits per heavy atom. The number of sulfone groups is 1. The molecule has 4 aromatic rings. The van der Waals surface area contributed by atoms with Crippen LogP contribution in [0.2, 0.25) is 0 Å². The van der Waals surface area contributed by atoms with Gasteiger partial charge in [-0.2, -0.15) is 13.2 Å². The van der Waals surface area contributed by atoms with E-state index in [4.69, 9.17) is 14.9 Å². The number of fused-ring (bicyclic) bond motifs is 1. The third-order valence-corrected chi connectivity index (χ3v) is 9.34. The van der Waals surface area contributed by atoms with E-state index in [9.17, 15) is 26.4 Å². The van der Waals surface area contributed by atoms with Crippen molar-refractivity contribution in [2.24, 2.45) is 5.73 Å². The number of ether oxygens (including phenoxy) is 1. The number of carbonyl (C=O) groups is 1. The molecule has 1 aromatic heterocycles. The summed E-state index contributed by atoms with van der Waals surface area (Å²) in [5, 5.41) is 8.20. The molecule has 3 aromatic carbocycles. The number of halogens is 3. The zero-order valence-corrected chi connectivity index (χ0v) is 23.1. The van der Waals surface area contributed by atoms with Crippen molar-refractivity contribution in [3.63, 3.8) is 0 Å². The Kier molecular flexibility index (Phi) is 6.71. The Morgan fingerprint density at radius 1 is 1.00 bits per heavy atom. The molecule has 0 aliphatic carbocycles. The number of nitrogens with zero attached hydrogens (tertiary/aromatic N) is 3. The molecule has 13 heteroatoms. The summed E-state index contributed by atoms with van der Waals surface area (Å²) in [6.45, 7) is 2.41. The van der Waals surface area contributed by atoms with Gasteiger partial charge in [-0.25, -0.2) is 8.42 Å². The van der Waals surface area contributed by atoms with Gasteiger partial charge in [0.2, 0.25) is 17.7 Å². The Balaban J connectivity index is 1.33. The fourth-order valence-electron chi connectivity index (χ4n) is 4.97. The molecule has 2 N–H and O–H groups in total. The predicted octanol–water partition coefficient (Wildman–Crippen LogP) is 4.71. The predicted molar refractivity (Wildman–Crippen MR) is 146 cm³/mol. The first-order valence-corrected chi connectivity index (χ1v) is 14.7. The highest BCUT2D eigenvalue weighted by atomic mass is 32.2. The maximum Gasteiger partial charge on any atom is 0.416 e. The largest absolute Gasteiger partial charge is 0.418 e. The number of amides is 1. The molecule has 3 heterocycles. The second-order valence-corrected chi connectivity index (χ2v) is 12.5. The van der Waals surface area contributed by atoms with E-state index in [1.807, 2.05) is 6.92 Å². The zero-order valence-electron chi connectivity index (χ0n) is 22.3. The summed E-state index contributed by atoms with van der Waals surface area (Å²) in [6, 6.07) is 14.8. The Hall–Kier alpha value is -4.07. The van der Waals surface area contributed by atoms with Gasteiger partial charge in [0.1, 0.15) is 5.60 Å². The number of alkyl halides is 3. The number of anilines is 1. The van der Waals surface area contributed by atoms with E-state index in [2.05, 4.69) is 10.2 Å². The van der Waals surface area contributed by atoms with Crippen LogP contribution in [-0.4, -0.2) is 42.9 Å². The molecule has 1 amide bonds. The summed E-state index contributed by atoms with van der Waals surface area (Å²) in [5.74, 6) is -0.692. The van der Waals surface area contributed by atoms with E-state index in [1.165, 1.54) is 35.2 Å². The quantitative estimate of drug-likeness (QED) is 0.350. The fraction of sp³-hybridized carbons (Fsp3) is 0.276. The molecule has 2 aliphatic rings. The first-order chi connectivity index (χ1) is 19.8. The van der Waals surface area contributed by atoms with Crippen LogP contribution in [-0.2, 0) is 37.7 Å². The van der Waals surface area contributed by atoms with Gasteiger partial charge in [-0.1, -0.05) is 36.4 Å². The van der Waals surface area contributed by atoms with Crippen LogP contribution >= 0.6 is 0 Å². The van der Waals surface area contributed by atoms with Gasteiger partial charge in [0.25, 0.3) is 0 Å². The lowest BCUT2D eigenvalue weighted by atomic mass is 9.98. The van der Waals surface area contributed by atoms with Crippen LogP contribution < -0.4 is 10.6 Å². The third-order valence-electron chi connectivity index (χ3n) is 7.53. The molecule has 42 heavy (non-hydrogen) atoms. The molecule has 6 rings (SSSR count). The second kappa shape index (κ2) is 10.0. The van der Waals surface area contributed by atoms with E-state index < -0.39 is 44.9 Å². The number of rotatable bonds is 5. The summed E-state index contributed by atoms with van der Waals surface area (Å²) in [5.41, 5.74) is 7.07. The van der Waals surface area contributed by atoms with Crippen molar-refractivity contribution in [3.05, 3.63) is 83.7 Å². The fourth-order valence-corrected chi connectivity index (χ4v) is 6.53. The first-order valence-electron chi connectivity index (χ1n) is 13.0. The molecule has 0 radical (unpaired) electrons. The van der Waals surface area contributed by atoms with Crippen LogP contribution in [0.3, 0.4) is 0 Å². The normalized spacial score (nSPS) is 21.9. The lowest BCUT2D eigenvalue weighted by Crippen LogP contribution is -2.45. The van der Waals surface area contributed by atoms with Crippen LogP contribution in [0.15, 0.2) is 76.0 Å². The Bertz CT molecular complexity index is 1770. The molecule has 2 atom stereocenters. The monoisotopic (exact) mass is 598 g/mol. The molecule has 2 aliphatic heterocycles. The van der Waals surface area contributed by atoms with Gasteiger partial charge in [-0.05, 0) is 53.9 Å². The first kappa shape index (κ1) is 28.1. The lowest BCUT2D eigenvalue weighted by Gasteiger charge is -2.34. The van der Waals surface area contributed by atoms with Gasteiger partial charge in [-0.15, -0.1) is 10.2 Å². The van der Waals surface area contributed by atoms with Gasteiger partial charge in [0.05, 0.1) is 41.1 Å². The Morgan fingerprint density at radius 2 is 1.62 bits per heavy atom. The van der Waals surface area contributed by atoms with E-state index in [-0.39, 0.29) is 23.0 Å². The topological polar surface area (TPSA) is 129 Å². The molecule has 1 unspecified atom stereocenters. The van der Waals surface area contributed by atoms with Crippen LogP contribution in [0.4, 0.5) is 18.9 Å². The van der Waals surface area contributed by atoms with E-state index in [0.29, 0.717) is 34.8 Å². The van der Waals surface area contributed by atoms with Crippen molar-refractivity contribution in [1.29, 1.82) is 0 Å². The van der Waals surface area contributed by atoms with Crippen LogP contribution in [0.5, 0.6) is 0 Å². The minimum Gasteiger partial charge on any atom is -0.418 e. The summed E-state index contributed by atoms with van der Waals surface area (Å²) in [7, 11) is -3.91. The van der Waals surface area contributed by atoms with Gasteiger partial charge >= 0.3 is 6.18 Å². The average Bonchev–Trinajstić information content (AvgIpc) is 3.42. The van der Waals surface area contributed by atoms with Crippen molar-refractivity contribution >= 4 is 21.4 Å². The minimum atomic E-state index is -4.43. The van der Waals surface area contributed by atoms with E-state index in [1.54, 1.807) is 24.3 Å². The van der Waals surface area contributed by atoms with Crippen molar-refractivity contribution in [3.8, 4) is 22.6 Å². The summed E-state index contributed by atoms with van der Waals surface area (Å²) in [6.07, 6.45) is -3.71. The average molecular weight is 599 g/mol. The highest BCUT2D eigenvalue weighted by molar-refractivity contribution is 7.91. The van der Waals surface area contributed by atoms with Crippen LogP contribution in [0.25, 0.3) is 22.6 Å². The Labute approximate surface area is 239 Å². The molecule has 0 bridgehead atoms. The van der Waals surface area contributed by atoms with Crippen molar-refractivity contribution < 1.29 is 35.5 Å². The molecule has 9 nitrogen and oxygen atoms in total. The minimum absolute atomic E-state index is 0.00715. The summed E-state index contributed by atoms with van der Waals surface area (Å²) in [4.78, 5) is 14.7. The van der Waals surface area contributed by atoms with Gasteiger partial charge in [0.15, 0.2) is 9.84 Å².